The topological polar surface area (TPSA) is 93.2 Å². The Hall–Kier alpha value is -3.91. The van der Waals surface area contributed by atoms with E-state index >= 15 is 0 Å². The van der Waals surface area contributed by atoms with Gasteiger partial charge in [-0.2, -0.15) is 5.10 Å². The maximum absolute atomic E-state index is 12.3. The molecule has 0 aliphatic carbocycles. The molecular weight excluding hydrogens is 486 g/mol. The smallest absolute Gasteiger partial charge is 0.246 e. The number of benzene rings is 2. The summed E-state index contributed by atoms with van der Waals surface area (Å²) in [6.45, 7) is 6.65. The van der Waals surface area contributed by atoms with Crippen LogP contribution in [-0.4, -0.2) is 50.2 Å². The van der Waals surface area contributed by atoms with E-state index in [1.54, 1.807) is 0 Å². The van der Waals surface area contributed by atoms with Crippen molar-refractivity contribution >= 4 is 40.0 Å². The van der Waals surface area contributed by atoms with Crippen molar-refractivity contribution in [3.05, 3.63) is 77.6 Å². The van der Waals surface area contributed by atoms with Crippen LogP contribution in [0.5, 0.6) is 0 Å². The monoisotopic (exact) mass is 513 g/mol. The first-order valence-electron chi connectivity index (χ1n) is 12.5. The highest BCUT2D eigenvalue weighted by atomic mass is 35.5. The normalized spacial score (nSPS) is 17.3. The Balaban J connectivity index is 1.31. The highest BCUT2D eigenvalue weighted by Gasteiger charge is 2.28. The zero-order valence-electron chi connectivity index (χ0n) is 20.5. The van der Waals surface area contributed by atoms with E-state index in [0.29, 0.717) is 18.0 Å². The fraction of sp³-hybridized carbons (Fsp3) is 0.286. The first kappa shape index (κ1) is 23.5. The molecule has 2 N–H and O–H groups in total. The van der Waals surface area contributed by atoms with Gasteiger partial charge in [0.15, 0.2) is 5.65 Å². The Morgan fingerprint density at radius 2 is 2.00 bits per heavy atom. The number of carbonyl (C=O) groups excluding carboxylic acids is 1. The number of halogens is 1. The van der Waals surface area contributed by atoms with Crippen LogP contribution in [0.4, 0.5) is 11.5 Å². The molecule has 2 aliphatic heterocycles. The lowest BCUT2D eigenvalue weighted by Crippen LogP contribution is -2.40. The van der Waals surface area contributed by atoms with E-state index in [9.17, 15) is 4.79 Å². The summed E-state index contributed by atoms with van der Waals surface area (Å²) >= 11 is 6.50. The van der Waals surface area contributed by atoms with E-state index in [2.05, 4.69) is 51.8 Å². The number of rotatable bonds is 5. The first-order valence-corrected chi connectivity index (χ1v) is 12.9. The standard InChI is InChI=1S/C28H28ClN7O/c1-2-23(37)34-13-4-6-21(16-34)36-28-24(27(30)31-17-32-28)25(33-36)19-10-8-18(9-11-19)15-35-14-12-20-5-3-7-22(29)26(20)35/h2-3,5,7-11,17,21H,1,4,6,12-16H2,(H2,30,31,32). The van der Waals surface area contributed by atoms with Gasteiger partial charge in [-0.25, -0.2) is 14.6 Å². The summed E-state index contributed by atoms with van der Waals surface area (Å²) in [5.41, 5.74) is 12.3. The number of para-hydroxylation sites is 1. The number of nitrogens with two attached hydrogens (primary N) is 1. The summed E-state index contributed by atoms with van der Waals surface area (Å²) in [7, 11) is 0. The third-order valence-electron chi connectivity index (χ3n) is 7.39. The van der Waals surface area contributed by atoms with Gasteiger partial charge >= 0.3 is 0 Å². The van der Waals surface area contributed by atoms with Gasteiger partial charge in [-0.1, -0.05) is 54.6 Å². The SMILES string of the molecule is C=CC(=O)N1CCCC(n2nc(-c3ccc(CN4CCc5cccc(Cl)c54)cc3)c3c(N)ncnc32)C1. The van der Waals surface area contributed by atoms with Gasteiger partial charge in [0.25, 0.3) is 0 Å². The van der Waals surface area contributed by atoms with Crippen molar-refractivity contribution in [3.63, 3.8) is 0 Å². The summed E-state index contributed by atoms with van der Waals surface area (Å²) in [5, 5.41) is 6.52. The molecule has 8 nitrogen and oxygen atoms in total. The lowest BCUT2D eigenvalue weighted by Gasteiger charge is -2.32. The highest BCUT2D eigenvalue weighted by Crippen LogP contribution is 2.37. The molecule has 1 fully saturated rings. The lowest BCUT2D eigenvalue weighted by molar-refractivity contribution is -0.127. The summed E-state index contributed by atoms with van der Waals surface area (Å²) in [5.74, 6) is 0.335. The van der Waals surface area contributed by atoms with Crippen molar-refractivity contribution in [2.45, 2.75) is 31.8 Å². The lowest BCUT2D eigenvalue weighted by atomic mass is 10.1. The summed E-state index contributed by atoms with van der Waals surface area (Å²) < 4.78 is 1.92. The Morgan fingerprint density at radius 3 is 2.81 bits per heavy atom. The van der Waals surface area contributed by atoms with Crippen LogP contribution in [-0.2, 0) is 17.8 Å². The van der Waals surface area contributed by atoms with Crippen LogP contribution in [0.1, 0.15) is 30.0 Å². The van der Waals surface area contributed by atoms with E-state index < -0.39 is 0 Å². The summed E-state index contributed by atoms with van der Waals surface area (Å²) in [6.07, 6.45) is 5.63. The quantitative estimate of drug-likeness (QED) is 0.391. The molecule has 0 bridgehead atoms. The van der Waals surface area contributed by atoms with Crippen LogP contribution in [0.2, 0.25) is 5.02 Å². The fourth-order valence-electron chi connectivity index (χ4n) is 5.57. The minimum absolute atomic E-state index is 0.00227. The molecule has 2 aromatic heterocycles. The molecular formula is C28H28ClN7O. The Morgan fingerprint density at radius 1 is 1.16 bits per heavy atom. The Kier molecular flexibility index (Phi) is 6.04. The maximum atomic E-state index is 12.3. The minimum Gasteiger partial charge on any atom is -0.383 e. The average molecular weight is 514 g/mol. The minimum atomic E-state index is -0.0620. The number of hydrogen-bond acceptors (Lipinski definition) is 6. The van der Waals surface area contributed by atoms with E-state index in [4.69, 9.17) is 22.4 Å². The second kappa shape index (κ2) is 9.52. The van der Waals surface area contributed by atoms with E-state index in [0.717, 1.165) is 66.3 Å². The van der Waals surface area contributed by atoms with Crippen molar-refractivity contribution < 1.29 is 4.79 Å². The van der Waals surface area contributed by atoms with E-state index in [1.165, 1.54) is 23.5 Å². The van der Waals surface area contributed by atoms with Crippen LogP contribution < -0.4 is 10.6 Å². The fourth-order valence-corrected chi connectivity index (χ4v) is 5.88. The van der Waals surface area contributed by atoms with Crippen LogP contribution in [0, 0.1) is 0 Å². The number of carbonyl (C=O) groups is 1. The Labute approximate surface area is 220 Å². The van der Waals surface area contributed by atoms with Gasteiger partial charge < -0.3 is 15.5 Å². The van der Waals surface area contributed by atoms with Gasteiger partial charge in [-0.15, -0.1) is 0 Å². The molecule has 0 radical (unpaired) electrons. The number of aromatic nitrogens is 4. The van der Waals surface area contributed by atoms with Gasteiger partial charge in [0.1, 0.15) is 17.8 Å². The number of amides is 1. The van der Waals surface area contributed by atoms with Gasteiger partial charge in [0, 0.05) is 31.7 Å². The number of nitrogens with zero attached hydrogens (tertiary/aromatic N) is 6. The molecule has 4 aromatic rings. The van der Waals surface area contributed by atoms with Crippen LogP contribution in [0.25, 0.3) is 22.3 Å². The molecule has 4 heterocycles. The molecule has 1 atom stereocenters. The van der Waals surface area contributed by atoms with Crippen LogP contribution >= 0.6 is 11.6 Å². The maximum Gasteiger partial charge on any atom is 0.246 e. The number of fused-ring (bicyclic) bond motifs is 2. The number of anilines is 2. The molecule has 188 valence electrons. The van der Waals surface area contributed by atoms with E-state index in [1.807, 2.05) is 21.7 Å². The zero-order chi connectivity index (χ0) is 25.5. The van der Waals surface area contributed by atoms with Gasteiger partial charge in [-0.05, 0) is 42.5 Å². The summed E-state index contributed by atoms with van der Waals surface area (Å²) in [6, 6.07) is 14.5. The summed E-state index contributed by atoms with van der Waals surface area (Å²) in [4.78, 5) is 25.2. The second-order valence-electron chi connectivity index (χ2n) is 9.65. The largest absolute Gasteiger partial charge is 0.383 e. The van der Waals surface area contributed by atoms with Crippen LogP contribution in [0.3, 0.4) is 0 Å². The third-order valence-corrected chi connectivity index (χ3v) is 7.69. The number of hydrogen-bond donors (Lipinski definition) is 1. The van der Waals surface area contributed by atoms with Gasteiger partial charge in [0.2, 0.25) is 5.91 Å². The molecule has 2 aromatic carbocycles. The van der Waals surface area contributed by atoms with Crippen molar-refractivity contribution in [2.75, 3.05) is 30.3 Å². The predicted octanol–water partition coefficient (Wildman–Crippen LogP) is 4.64. The molecule has 2 aliphatic rings. The number of likely N-dealkylation sites (tertiary alicyclic amines) is 1. The molecule has 37 heavy (non-hydrogen) atoms. The van der Waals surface area contributed by atoms with Crippen molar-refractivity contribution in [1.82, 2.24) is 24.6 Å². The molecule has 1 unspecified atom stereocenters. The predicted molar refractivity (Wildman–Crippen MR) is 146 cm³/mol. The number of nitrogen functional groups attached to an aromatic ring is 1. The van der Waals surface area contributed by atoms with Gasteiger partial charge in [0.05, 0.1) is 22.1 Å². The first-order chi connectivity index (χ1) is 18.0. The highest BCUT2D eigenvalue weighted by molar-refractivity contribution is 6.33. The van der Waals surface area contributed by atoms with Crippen molar-refractivity contribution in [1.29, 1.82) is 0 Å². The van der Waals surface area contributed by atoms with Crippen molar-refractivity contribution in [2.24, 2.45) is 0 Å². The van der Waals surface area contributed by atoms with Crippen LogP contribution in [0.15, 0.2) is 61.4 Å². The molecule has 1 amide bonds. The molecule has 0 spiro atoms. The zero-order valence-corrected chi connectivity index (χ0v) is 21.2. The number of piperidine rings is 1. The molecule has 6 rings (SSSR count). The molecule has 9 heteroatoms. The van der Waals surface area contributed by atoms with Crippen molar-refractivity contribution in [3.8, 4) is 11.3 Å². The third kappa shape index (κ3) is 4.21. The van der Waals surface area contributed by atoms with E-state index in [-0.39, 0.29) is 11.9 Å². The second-order valence-corrected chi connectivity index (χ2v) is 10.1. The molecule has 1 saturated heterocycles. The van der Waals surface area contributed by atoms with Gasteiger partial charge in [-0.3, -0.25) is 4.79 Å². The molecule has 0 saturated carbocycles. The average Bonchev–Trinajstić information content (AvgIpc) is 3.52. The Bertz CT molecular complexity index is 1500.